The Morgan fingerprint density at radius 1 is 1.12 bits per heavy atom. The summed E-state index contributed by atoms with van der Waals surface area (Å²) >= 11 is 1.59. The number of esters is 1. The van der Waals surface area contributed by atoms with Gasteiger partial charge in [-0.2, -0.15) is 0 Å². The number of carbonyl (C=O) groups excluding carboxylic acids is 2. The summed E-state index contributed by atoms with van der Waals surface area (Å²) in [6.45, 7) is 1.45. The number of nitrogens with two attached hydrogens (primary N) is 1. The molecule has 0 radical (unpaired) electrons. The van der Waals surface area contributed by atoms with Gasteiger partial charge in [-0.1, -0.05) is 6.07 Å². The number of aryl methyl sites for hydroxylation is 1. The Bertz CT molecular complexity index is 1420. The number of nitrogens with zero attached hydrogens (tertiary/aromatic N) is 1. The largest absolute Gasteiger partial charge is 0.450 e. The van der Waals surface area contributed by atoms with E-state index >= 15 is 0 Å². The van der Waals surface area contributed by atoms with Crippen molar-refractivity contribution in [1.82, 2.24) is 4.98 Å². The third-order valence-corrected chi connectivity index (χ3v) is 6.20. The number of furan rings is 1. The zero-order valence-electron chi connectivity index (χ0n) is 16.7. The third kappa shape index (κ3) is 4.85. The van der Waals surface area contributed by atoms with Gasteiger partial charge >= 0.3 is 5.97 Å². The number of nitrogens with one attached hydrogen (secondary N) is 1. The van der Waals surface area contributed by atoms with Crippen LogP contribution in [0, 0.1) is 6.92 Å². The molecule has 0 aliphatic heterocycles. The summed E-state index contributed by atoms with van der Waals surface area (Å²) in [6.07, 6.45) is 0. The Morgan fingerprint density at radius 3 is 2.56 bits per heavy atom. The summed E-state index contributed by atoms with van der Waals surface area (Å²) in [5, 5.41) is 7.82. The molecule has 2 aromatic carbocycles. The number of aromatic nitrogens is 1. The minimum absolute atomic E-state index is 0.378. The molecule has 4 rings (SSSR count). The number of anilines is 1. The number of amides is 1. The SMILES string of the molecule is Cc1ccc2nc(-c3ccc(NC(=O)COC(=O)c4ccc(S(N)(=O)=O)o4)cc3)sc2c1. The molecule has 0 aliphatic rings. The van der Waals surface area contributed by atoms with Crippen LogP contribution >= 0.6 is 11.3 Å². The van der Waals surface area contributed by atoms with E-state index in [1.54, 1.807) is 23.5 Å². The molecule has 32 heavy (non-hydrogen) atoms. The van der Waals surface area contributed by atoms with Crippen molar-refractivity contribution in [2.45, 2.75) is 12.0 Å². The van der Waals surface area contributed by atoms with Gasteiger partial charge in [-0.3, -0.25) is 4.79 Å². The van der Waals surface area contributed by atoms with Crippen molar-refractivity contribution >= 4 is 49.1 Å². The van der Waals surface area contributed by atoms with Crippen LogP contribution in [0.15, 0.2) is 64.1 Å². The number of fused-ring (bicyclic) bond motifs is 1. The predicted octanol–water partition coefficient (Wildman–Crippen LogP) is 3.31. The van der Waals surface area contributed by atoms with E-state index in [9.17, 15) is 18.0 Å². The van der Waals surface area contributed by atoms with Gasteiger partial charge in [-0.15, -0.1) is 11.3 Å². The van der Waals surface area contributed by atoms with Gasteiger partial charge in [0.2, 0.25) is 10.9 Å². The maximum absolute atomic E-state index is 12.1. The van der Waals surface area contributed by atoms with Crippen LogP contribution in [0.5, 0.6) is 0 Å². The van der Waals surface area contributed by atoms with E-state index in [1.807, 2.05) is 31.2 Å². The fourth-order valence-electron chi connectivity index (χ4n) is 2.83. The van der Waals surface area contributed by atoms with Crippen molar-refractivity contribution in [3.05, 3.63) is 65.9 Å². The first kappa shape index (κ1) is 21.7. The predicted molar refractivity (Wildman–Crippen MR) is 119 cm³/mol. The van der Waals surface area contributed by atoms with Crippen LogP contribution in [0.25, 0.3) is 20.8 Å². The summed E-state index contributed by atoms with van der Waals surface area (Å²) in [6, 6.07) is 15.3. The Hall–Kier alpha value is -3.54. The number of rotatable bonds is 6. The average molecular weight is 472 g/mol. The number of hydrogen-bond acceptors (Lipinski definition) is 8. The lowest BCUT2D eigenvalue weighted by atomic mass is 10.2. The number of carbonyl (C=O) groups is 2. The molecule has 0 aliphatic carbocycles. The van der Waals surface area contributed by atoms with Gasteiger partial charge in [0.05, 0.1) is 10.2 Å². The fraction of sp³-hybridized carbons (Fsp3) is 0.0952. The summed E-state index contributed by atoms with van der Waals surface area (Å²) in [5.74, 6) is -1.94. The summed E-state index contributed by atoms with van der Waals surface area (Å²) in [4.78, 5) is 28.6. The Balaban J connectivity index is 1.35. The number of benzene rings is 2. The molecule has 4 aromatic rings. The molecule has 3 N–H and O–H groups in total. The third-order valence-electron chi connectivity index (χ3n) is 4.36. The normalized spacial score (nSPS) is 11.4. The van der Waals surface area contributed by atoms with Gasteiger partial charge in [0, 0.05) is 11.3 Å². The molecule has 0 atom stereocenters. The number of primary sulfonamides is 1. The molecule has 164 valence electrons. The van der Waals surface area contributed by atoms with Gasteiger partial charge in [-0.25, -0.2) is 23.3 Å². The zero-order valence-corrected chi connectivity index (χ0v) is 18.3. The van der Waals surface area contributed by atoms with E-state index in [0.717, 1.165) is 32.9 Å². The summed E-state index contributed by atoms with van der Waals surface area (Å²) in [5.41, 5.74) is 3.53. The monoisotopic (exact) mass is 471 g/mol. The first-order chi connectivity index (χ1) is 15.2. The number of sulfonamides is 1. The highest BCUT2D eigenvalue weighted by atomic mass is 32.2. The summed E-state index contributed by atoms with van der Waals surface area (Å²) < 4.78 is 33.1. The lowest BCUT2D eigenvalue weighted by Gasteiger charge is -2.06. The molecule has 1 amide bonds. The Morgan fingerprint density at radius 2 is 1.88 bits per heavy atom. The van der Waals surface area contributed by atoms with Gasteiger partial charge < -0.3 is 14.5 Å². The minimum atomic E-state index is -4.08. The van der Waals surface area contributed by atoms with Gasteiger partial charge in [0.25, 0.3) is 15.9 Å². The van der Waals surface area contributed by atoms with Crippen molar-refractivity contribution in [3.63, 3.8) is 0 Å². The molecule has 0 saturated carbocycles. The first-order valence-electron chi connectivity index (χ1n) is 9.26. The molecule has 0 spiro atoms. The first-order valence-corrected chi connectivity index (χ1v) is 11.6. The van der Waals surface area contributed by atoms with Crippen LogP contribution < -0.4 is 10.5 Å². The van der Waals surface area contributed by atoms with Crippen molar-refractivity contribution in [1.29, 1.82) is 0 Å². The van der Waals surface area contributed by atoms with Crippen LogP contribution in [-0.4, -0.2) is 31.9 Å². The lowest BCUT2D eigenvalue weighted by Crippen LogP contribution is -2.20. The maximum Gasteiger partial charge on any atom is 0.374 e. The Kier molecular flexibility index (Phi) is 5.78. The van der Waals surface area contributed by atoms with Crippen molar-refractivity contribution in [3.8, 4) is 10.6 Å². The average Bonchev–Trinajstić information content (AvgIpc) is 3.39. The van der Waals surface area contributed by atoms with Gasteiger partial charge in [0.15, 0.2) is 6.61 Å². The molecule has 0 bridgehead atoms. The van der Waals surface area contributed by atoms with Gasteiger partial charge in [-0.05, 0) is 61.0 Å². The molecule has 2 heterocycles. The lowest BCUT2D eigenvalue weighted by molar-refractivity contribution is -0.119. The highest BCUT2D eigenvalue weighted by Gasteiger charge is 2.19. The fourth-order valence-corrected chi connectivity index (χ4v) is 4.37. The second kappa shape index (κ2) is 8.54. The van der Waals surface area contributed by atoms with Gasteiger partial charge in [0.1, 0.15) is 5.01 Å². The summed E-state index contributed by atoms with van der Waals surface area (Å²) in [7, 11) is -4.08. The smallest absolute Gasteiger partial charge is 0.374 e. The quantitative estimate of drug-likeness (QED) is 0.411. The maximum atomic E-state index is 12.1. The molecule has 9 nitrogen and oxygen atoms in total. The van der Waals surface area contributed by atoms with Crippen LogP contribution in [0.4, 0.5) is 5.69 Å². The van der Waals surface area contributed by atoms with Crippen LogP contribution in [0.2, 0.25) is 0 Å². The topological polar surface area (TPSA) is 142 Å². The second-order valence-electron chi connectivity index (χ2n) is 6.86. The highest BCUT2D eigenvalue weighted by molar-refractivity contribution is 7.89. The van der Waals surface area contributed by atoms with Crippen molar-refractivity contribution in [2.75, 3.05) is 11.9 Å². The number of hydrogen-bond donors (Lipinski definition) is 2. The van der Waals surface area contributed by atoms with E-state index in [4.69, 9.17) is 14.3 Å². The van der Waals surface area contributed by atoms with Crippen LogP contribution in [-0.2, 0) is 19.6 Å². The molecule has 2 aromatic heterocycles. The zero-order chi connectivity index (χ0) is 22.9. The minimum Gasteiger partial charge on any atom is -0.450 e. The molecular weight excluding hydrogens is 454 g/mol. The molecule has 0 saturated heterocycles. The highest BCUT2D eigenvalue weighted by Crippen LogP contribution is 2.31. The van der Waals surface area contributed by atoms with Crippen LogP contribution in [0.3, 0.4) is 0 Å². The van der Waals surface area contributed by atoms with E-state index in [-0.39, 0.29) is 5.76 Å². The standard InChI is InChI=1S/C21H17N3O6S2/c1-12-2-7-15-17(10-12)31-20(24-15)13-3-5-14(6-4-13)23-18(25)11-29-21(26)16-8-9-19(30-16)32(22,27)28/h2-10H,11H2,1H3,(H,23,25)(H2,22,27,28). The number of ether oxygens (including phenoxy) is 1. The second-order valence-corrected chi connectivity index (χ2v) is 9.38. The molecule has 11 heteroatoms. The molecular formula is C21H17N3O6S2. The van der Waals surface area contributed by atoms with Crippen LogP contribution in [0.1, 0.15) is 16.1 Å². The van der Waals surface area contributed by atoms with E-state index in [2.05, 4.69) is 16.4 Å². The van der Waals surface area contributed by atoms with Crippen molar-refractivity contribution in [2.24, 2.45) is 5.14 Å². The van der Waals surface area contributed by atoms with E-state index in [0.29, 0.717) is 5.69 Å². The molecule has 0 unspecified atom stereocenters. The van der Waals surface area contributed by atoms with Crippen molar-refractivity contribution < 1.29 is 27.2 Å². The number of thiazole rings is 1. The molecule has 0 fully saturated rings. The van der Waals surface area contributed by atoms with E-state index in [1.165, 1.54) is 5.56 Å². The Labute approximate surface area is 186 Å². The van der Waals surface area contributed by atoms with E-state index < -0.39 is 33.6 Å².